The average molecular weight is 269 g/mol. The maximum Gasteiger partial charge on any atom is 0.0726 e. The Morgan fingerprint density at radius 3 is 2.50 bits per heavy atom. The van der Waals surface area contributed by atoms with E-state index in [4.69, 9.17) is 22.1 Å². The number of nitrogen functional groups attached to an aromatic ring is 1. The van der Waals surface area contributed by atoms with Crippen LogP contribution in [0, 0.1) is 0 Å². The van der Waals surface area contributed by atoms with Gasteiger partial charge in [0.15, 0.2) is 0 Å². The molecule has 0 spiro atoms. The molecule has 1 fully saturated rings. The molecule has 0 bridgehead atoms. The van der Waals surface area contributed by atoms with Crippen molar-refractivity contribution in [3.63, 3.8) is 0 Å². The lowest BCUT2D eigenvalue weighted by Crippen LogP contribution is -2.46. The molecule has 3 nitrogen and oxygen atoms in total. The Kier molecular flexibility index (Phi) is 4.03. The second-order valence-corrected chi connectivity index (χ2v) is 5.43. The van der Waals surface area contributed by atoms with Gasteiger partial charge in [0, 0.05) is 18.8 Å². The summed E-state index contributed by atoms with van der Waals surface area (Å²) in [5, 5.41) is 0.744. The van der Waals surface area contributed by atoms with Crippen molar-refractivity contribution in [2.24, 2.45) is 0 Å². The van der Waals surface area contributed by atoms with Gasteiger partial charge in [-0.2, -0.15) is 0 Å². The molecule has 1 aliphatic rings. The van der Waals surface area contributed by atoms with E-state index in [0.29, 0.717) is 0 Å². The maximum absolute atomic E-state index is 6.38. The van der Waals surface area contributed by atoms with Gasteiger partial charge in [0.05, 0.1) is 22.9 Å². The SMILES string of the molecule is CCc1cc(N)cc(Cl)c1N1C[C@H](C)O[C@@H](C)C1. The van der Waals surface area contributed by atoms with Gasteiger partial charge in [-0.25, -0.2) is 0 Å². The van der Waals surface area contributed by atoms with Crippen molar-refractivity contribution in [1.82, 2.24) is 0 Å². The van der Waals surface area contributed by atoms with Crippen molar-refractivity contribution in [2.75, 3.05) is 23.7 Å². The second kappa shape index (κ2) is 5.37. The van der Waals surface area contributed by atoms with E-state index in [2.05, 4.69) is 25.7 Å². The summed E-state index contributed by atoms with van der Waals surface area (Å²) in [6.07, 6.45) is 1.39. The van der Waals surface area contributed by atoms with Gasteiger partial charge < -0.3 is 15.4 Å². The predicted molar refractivity (Wildman–Crippen MR) is 77.5 cm³/mol. The minimum absolute atomic E-state index is 0.229. The first kappa shape index (κ1) is 13.5. The first-order valence-electron chi connectivity index (χ1n) is 6.49. The molecule has 1 aromatic rings. The number of rotatable bonds is 2. The number of nitrogens with zero attached hydrogens (tertiary/aromatic N) is 1. The molecule has 0 aliphatic carbocycles. The Morgan fingerprint density at radius 2 is 1.94 bits per heavy atom. The molecule has 0 radical (unpaired) electrons. The molecule has 0 unspecified atom stereocenters. The summed E-state index contributed by atoms with van der Waals surface area (Å²) in [6, 6.07) is 3.85. The van der Waals surface area contributed by atoms with E-state index >= 15 is 0 Å². The van der Waals surface area contributed by atoms with Crippen LogP contribution in [0.3, 0.4) is 0 Å². The lowest BCUT2D eigenvalue weighted by atomic mass is 10.1. The molecule has 2 N–H and O–H groups in total. The van der Waals surface area contributed by atoms with E-state index in [-0.39, 0.29) is 12.2 Å². The number of hydrogen-bond donors (Lipinski definition) is 1. The number of nitrogens with two attached hydrogens (primary N) is 1. The van der Waals surface area contributed by atoms with Crippen LogP contribution in [0.2, 0.25) is 5.02 Å². The molecule has 1 aromatic carbocycles. The van der Waals surface area contributed by atoms with Gasteiger partial charge in [0.25, 0.3) is 0 Å². The standard InChI is InChI=1S/C14H21ClN2O/c1-4-11-5-12(16)6-13(15)14(11)17-7-9(2)18-10(3)8-17/h5-6,9-10H,4,7-8,16H2,1-3H3/t9-,10-/m0/s1. The van der Waals surface area contributed by atoms with Gasteiger partial charge in [-0.3, -0.25) is 0 Å². The molecule has 100 valence electrons. The number of morpholine rings is 1. The molecule has 1 heterocycles. The molecule has 2 rings (SSSR count). The smallest absolute Gasteiger partial charge is 0.0726 e. The van der Waals surface area contributed by atoms with Crippen LogP contribution in [-0.4, -0.2) is 25.3 Å². The maximum atomic E-state index is 6.38. The zero-order valence-electron chi connectivity index (χ0n) is 11.2. The average Bonchev–Trinajstić information content (AvgIpc) is 2.26. The normalized spacial score (nSPS) is 24.3. The molecule has 0 saturated carbocycles. The number of anilines is 2. The summed E-state index contributed by atoms with van der Waals surface area (Å²) in [4.78, 5) is 2.32. The topological polar surface area (TPSA) is 38.5 Å². The van der Waals surface area contributed by atoms with E-state index in [9.17, 15) is 0 Å². The summed E-state index contributed by atoms with van der Waals surface area (Å²) in [7, 11) is 0. The Balaban J connectivity index is 2.37. The fraction of sp³-hybridized carbons (Fsp3) is 0.571. The number of aryl methyl sites for hydroxylation is 1. The number of hydrogen-bond acceptors (Lipinski definition) is 3. The first-order chi connectivity index (χ1) is 8.51. The minimum atomic E-state index is 0.229. The molecule has 1 aliphatic heterocycles. The lowest BCUT2D eigenvalue weighted by molar-refractivity contribution is -0.00524. The number of benzene rings is 1. The minimum Gasteiger partial charge on any atom is -0.399 e. The monoisotopic (exact) mass is 268 g/mol. The van der Waals surface area contributed by atoms with Gasteiger partial charge in [0.2, 0.25) is 0 Å². The summed E-state index contributed by atoms with van der Waals surface area (Å²) in [6.45, 7) is 8.07. The van der Waals surface area contributed by atoms with Crippen LogP contribution >= 0.6 is 11.6 Å². The zero-order valence-corrected chi connectivity index (χ0v) is 12.0. The summed E-state index contributed by atoms with van der Waals surface area (Å²) < 4.78 is 5.77. The third-order valence-corrected chi connectivity index (χ3v) is 3.57. The summed E-state index contributed by atoms with van der Waals surface area (Å²) in [5.41, 5.74) is 8.92. The summed E-state index contributed by atoms with van der Waals surface area (Å²) >= 11 is 6.38. The molecular formula is C14H21ClN2O. The first-order valence-corrected chi connectivity index (χ1v) is 6.87. The zero-order chi connectivity index (χ0) is 13.3. The van der Waals surface area contributed by atoms with Crippen LogP contribution in [0.1, 0.15) is 26.3 Å². The molecule has 4 heteroatoms. The molecule has 0 aromatic heterocycles. The molecule has 1 saturated heterocycles. The second-order valence-electron chi connectivity index (χ2n) is 5.03. The van der Waals surface area contributed by atoms with Crippen molar-refractivity contribution in [1.29, 1.82) is 0 Å². The van der Waals surface area contributed by atoms with Crippen molar-refractivity contribution < 1.29 is 4.74 Å². The van der Waals surface area contributed by atoms with Crippen LogP contribution in [0.15, 0.2) is 12.1 Å². The highest BCUT2D eigenvalue weighted by molar-refractivity contribution is 6.33. The fourth-order valence-electron chi connectivity index (χ4n) is 2.66. The Morgan fingerprint density at radius 1 is 1.33 bits per heavy atom. The fourth-order valence-corrected chi connectivity index (χ4v) is 3.03. The number of halogens is 1. The van der Waals surface area contributed by atoms with Crippen LogP contribution in [-0.2, 0) is 11.2 Å². The van der Waals surface area contributed by atoms with Crippen molar-refractivity contribution in [3.8, 4) is 0 Å². The van der Waals surface area contributed by atoms with Crippen molar-refractivity contribution >= 4 is 23.0 Å². The predicted octanol–water partition coefficient (Wildman–Crippen LogP) is 3.10. The lowest BCUT2D eigenvalue weighted by Gasteiger charge is -2.38. The molecule has 0 amide bonds. The van der Waals surface area contributed by atoms with Crippen molar-refractivity contribution in [2.45, 2.75) is 39.4 Å². The largest absolute Gasteiger partial charge is 0.399 e. The third-order valence-electron chi connectivity index (χ3n) is 3.28. The summed E-state index contributed by atoms with van der Waals surface area (Å²) in [5.74, 6) is 0. The Labute approximate surface area is 114 Å². The van der Waals surface area contributed by atoms with E-state index in [1.54, 1.807) is 0 Å². The van der Waals surface area contributed by atoms with Gasteiger partial charge in [-0.05, 0) is 38.0 Å². The van der Waals surface area contributed by atoms with Gasteiger partial charge in [0.1, 0.15) is 0 Å². The Bertz CT molecular complexity index is 426. The highest BCUT2D eigenvalue weighted by atomic mass is 35.5. The van der Waals surface area contributed by atoms with E-state index in [1.165, 1.54) is 5.56 Å². The van der Waals surface area contributed by atoms with E-state index < -0.39 is 0 Å². The van der Waals surface area contributed by atoms with Crippen LogP contribution in [0.5, 0.6) is 0 Å². The Hall–Kier alpha value is -0.930. The third kappa shape index (κ3) is 2.73. The highest BCUT2D eigenvalue weighted by Crippen LogP contribution is 2.34. The molecule has 18 heavy (non-hydrogen) atoms. The molecular weight excluding hydrogens is 248 g/mol. The van der Waals surface area contributed by atoms with Gasteiger partial charge in [-0.15, -0.1) is 0 Å². The number of ether oxygens (including phenoxy) is 1. The van der Waals surface area contributed by atoms with E-state index in [1.807, 2.05) is 12.1 Å². The highest BCUT2D eigenvalue weighted by Gasteiger charge is 2.25. The van der Waals surface area contributed by atoms with Crippen LogP contribution in [0.25, 0.3) is 0 Å². The van der Waals surface area contributed by atoms with Gasteiger partial charge in [-0.1, -0.05) is 18.5 Å². The van der Waals surface area contributed by atoms with Crippen LogP contribution in [0.4, 0.5) is 11.4 Å². The van der Waals surface area contributed by atoms with Crippen molar-refractivity contribution in [3.05, 3.63) is 22.7 Å². The van der Waals surface area contributed by atoms with Gasteiger partial charge >= 0.3 is 0 Å². The molecule has 2 atom stereocenters. The quantitative estimate of drug-likeness (QED) is 0.838. The van der Waals surface area contributed by atoms with E-state index in [0.717, 1.165) is 35.9 Å². The van der Waals surface area contributed by atoms with Crippen LogP contribution < -0.4 is 10.6 Å².